The standard InChI is InChI=1S/C20H12ClF3N6O/c1-3-11-7-12-9-26-28-17(12)10(2)16(11)27-19(31)14-8-15(20(22,23)24)29-30(14)18-13(21)5-4-6-25-18/h1,4-9H,2H3,(H,26,28)(H,27,31). The molecule has 0 radical (unpaired) electrons. The van der Waals surface area contributed by atoms with Gasteiger partial charge in [-0.25, -0.2) is 9.67 Å². The molecule has 7 nitrogen and oxygen atoms in total. The Balaban J connectivity index is 1.84. The summed E-state index contributed by atoms with van der Waals surface area (Å²) in [5.74, 6) is 1.47. The second-order valence-electron chi connectivity index (χ2n) is 6.49. The number of hydrogen-bond acceptors (Lipinski definition) is 4. The number of carbonyl (C=O) groups excluding carboxylic acids is 1. The monoisotopic (exact) mass is 444 g/mol. The van der Waals surface area contributed by atoms with Gasteiger partial charge in [-0.1, -0.05) is 17.5 Å². The average Bonchev–Trinajstić information content (AvgIpc) is 3.37. The first-order valence-corrected chi connectivity index (χ1v) is 9.11. The molecule has 0 atom stereocenters. The molecule has 0 aliphatic rings. The third kappa shape index (κ3) is 3.60. The van der Waals surface area contributed by atoms with E-state index in [2.05, 4.69) is 31.5 Å². The lowest BCUT2D eigenvalue weighted by atomic mass is 10.0. The van der Waals surface area contributed by atoms with Crippen molar-refractivity contribution in [2.75, 3.05) is 5.32 Å². The highest BCUT2D eigenvalue weighted by atomic mass is 35.5. The van der Waals surface area contributed by atoms with Crippen LogP contribution in [0.2, 0.25) is 5.02 Å². The molecule has 3 aromatic heterocycles. The molecule has 0 saturated heterocycles. The number of carbonyl (C=O) groups is 1. The van der Waals surface area contributed by atoms with Gasteiger partial charge >= 0.3 is 6.18 Å². The van der Waals surface area contributed by atoms with Crippen molar-refractivity contribution in [3.05, 3.63) is 64.2 Å². The molecule has 0 fully saturated rings. The van der Waals surface area contributed by atoms with E-state index in [0.29, 0.717) is 22.7 Å². The number of pyridine rings is 1. The van der Waals surface area contributed by atoms with Crippen LogP contribution in [0.25, 0.3) is 16.7 Å². The SMILES string of the molecule is C#Cc1cc2cn[nH]c2c(C)c1NC(=O)c1cc(C(F)(F)F)nn1-c1ncccc1Cl. The number of alkyl halides is 3. The lowest BCUT2D eigenvalue weighted by molar-refractivity contribution is -0.141. The molecule has 11 heteroatoms. The van der Waals surface area contributed by atoms with Gasteiger partial charge in [0.15, 0.2) is 11.5 Å². The molecule has 0 aliphatic heterocycles. The first-order chi connectivity index (χ1) is 14.7. The molecule has 0 saturated carbocycles. The maximum atomic E-state index is 13.3. The molecule has 3 heterocycles. The normalized spacial score (nSPS) is 11.5. The summed E-state index contributed by atoms with van der Waals surface area (Å²) >= 11 is 6.07. The first-order valence-electron chi connectivity index (χ1n) is 8.73. The van der Waals surface area contributed by atoms with Gasteiger partial charge in [0.2, 0.25) is 0 Å². The van der Waals surface area contributed by atoms with Crippen LogP contribution in [-0.4, -0.2) is 30.9 Å². The molecule has 4 rings (SSSR count). The number of fused-ring (bicyclic) bond motifs is 1. The Kier molecular flexibility index (Phi) is 4.91. The van der Waals surface area contributed by atoms with Crippen LogP contribution in [0.1, 0.15) is 27.3 Å². The number of anilines is 1. The maximum absolute atomic E-state index is 13.3. The topological polar surface area (TPSA) is 88.5 Å². The zero-order valence-corrected chi connectivity index (χ0v) is 16.5. The minimum absolute atomic E-state index is 0.0211. The Morgan fingerprint density at radius 3 is 2.81 bits per heavy atom. The summed E-state index contributed by atoms with van der Waals surface area (Å²) in [6, 6.07) is 5.19. The number of rotatable bonds is 3. The van der Waals surface area contributed by atoms with E-state index < -0.39 is 23.5 Å². The highest BCUT2D eigenvalue weighted by Gasteiger charge is 2.36. The van der Waals surface area contributed by atoms with Crippen molar-refractivity contribution in [2.24, 2.45) is 0 Å². The molecule has 31 heavy (non-hydrogen) atoms. The Morgan fingerprint density at radius 1 is 1.35 bits per heavy atom. The van der Waals surface area contributed by atoms with E-state index in [4.69, 9.17) is 18.0 Å². The lowest BCUT2D eigenvalue weighted by Gasteiger charge is -2.13. The summed E-state index contributed by atoms with van der Waals surface area (Å²) in [6.45, 7) is 1.70. The van der Waals surface area contributed by atoms with Crippen molar-refractivity contribution < 1.29 is 18.0 Å². The number of aryl methyl sites for hydroxylation is 1. The molecule has 0 aliphatic carbocycles. The van der Waals surface area contributed by atoms with Gasteiger partial charge in [-0.15, -0.1) is 6.42 Å². The van der Waals surface area contributed by atoms with Crippen molar-refractivity contribution in [1.29, 1.82) is 0 Å². The van der Waals surface area contributed by atoms with Gasteiger partial charge in [-0.3, -0.25) is 9.89 Å². The average molecular weight is 445 g/mol. The van der Waals surface area contributed by atoms with Crippen molar-refractivity contribution >= 4 is 34.1 Å². The van der Waals surface area contributed by atoms with Crippen LogP contribution in [-0.2, 0) is 6.18 Å². The van der Waals surface area contributed by atoms with Gasteiger partial charge in [0.25, 0.3) is 5.91 Å². The molecule has 1 amide bonds. The van der Waals surface area contributed by atoms with E-state index in [9.17, 15) is 18.0 Å². The van der Waals surface area contributed by atoms with Crippen LogP contribution in [0.5, 0.6) is 0 Å². The first kappa shape index (κ1) is 20.4. The van der Waals surface area contributed by atoms with Crippen LogP contribution >= 0.6 is 11.6 Å². The van der Waals surface area contributed by atoms with E-state index >= 15 is 0 Å². The number of nitrogens with zero attached hydrogens (tertiary/aromatic N) is 4. The van der Waals surface area contributed by atoms with Gasteiger partial charge < -0.3 is 5.32 Å². The minimum Gasteiger partial charge on any atom is -0.319 e. The molecule has 2 N–H and O–H groups in total. The Labute approximate surface area is 178 Å². The summed E-state index contributed by atoms with van der Waals surface area (Å²) in [5, 5.41) is 13.6. The number of terminal acetylenes is 1. The van der Waals surface area contributed by atoms with Crippen molar-refractivity contribution in [3.8, 4) is 18.2 Å². The molecule has 4 aromatic rings. The quantitative estimate of drug-likeness (QED) is 0.460. The van der Waals surface area contributed by atoms with E-state index in [1.54, 1.807) is 19.2 Å². The number of nitrogens with one attached hydrogen (secondary N) is 2. The fourth-order valence-electron chi connectivity index (χ4n) is 3.09. The third-order valence-electron chi connectivity index (χ3n) is 4.55. The fraction of sp³-hybridized carbons (Fsp3) is 0.100. The second kappa shape index (κ2) is 7.45. The fourth-order valence-corrected chi connectivity index (χ4v) is 3.29. The Bertz CT molecular complexity index is 1370. The van der Waals surface area contributed by atoms with E-state index in [0.717, 1.165) is 10.1 Å². The van der Waals surface area contributed by atoms with Gasteiger partial charge in [0.05, 0.1) is 22.4 Å². The third-order valence-corrected chi connectivity index (χ3v) is 4.85. The molecule has 1 aromatic carbocycles. The van der Waals surface area contributed by atoms with Crippen molar-refractivity contribution in [2.45, 2.75) is 13.1 Å². The largest absolute Gasteiger partial charge is 0.435 e. The molecular weight excluding hydrogens is 433 g/mol. The van der Waals surface area contributed by atoms with Crippen LogP contribution in [0, 0.1) is 19.3 Å². The van der Waals surface area contributed by atoms with Crippen molar-refractivity contribution in [1.82, 2.24) is 25.0 Å². The predicted octanol–water partition coefficient (Wildman–Crippen LogP) is 4.36. The summed E-state index contributed by atoms with van der Waals surface area (Å²) < 4.78 is 40.7. The highest BCUT2D eigenvalue weighted by Crippen LogP contribution is 2.32. The number of amides is 1. The number of halogens is 4. The van der Waals surface area contributed by atoms with Crippen LogP contribution in [0.15, 0.2) is 36.7 Å². The summed E-state index contributed by atoms with van der Waals surface area (Å²) in [5.41, 5.74) is 0.133. The van der Waals surface area contributed by atoms with Crippen LogP contribution in [0.4, 0.5) is 18.9 Å². The van der Waals surface area contributed by atoms with Gasteiger partial charge in [-0.05, 0) is 30.7 Å². The summed E-state index contributed by atoms with van der Waals surface area (Å²) in [6.07, 6.45) is 3.68. The number of aromatic amines is 1. The Morgan fingerprint density at radius 2 is 2.13 bits per heavy atom. The number of hydrogen-bond donors (Lipinski definition) is 2. The zero-order chi connectivity index (χ0) is 22.3. The van der Waals surface area contributed by atoms with Gasteiger partial charge in [0.1, 0.15) is 5.69 Å². The van der Waals surface area contributed by atoms with E-state index in [1.165, 1.54) is 18.3 Å². The van der Waals surface area contributed by atoms with E-state index in [-0.39, 0.29) is 16.5 Å². The second-order valence-corrected chi connectivity index (χ2v) is 6.90. The maximum Gasteiger partial charge on any atom is 0.435 e. The highest BCUT2D eigenvalue weighted by molar-refractivity contribution is 6.32. The molecule has 0 bridgehead atoms. The number of aromatic nitrogens is 5. The van der Waals surface area contributed by atoms with Crippen molar-refractivity contribution in [3.63, 3.8) is 0 Å². The molecular formula is C20H12ClF3N6O. The summed E-state index contributed by atoms with van der Waals surface area (Å²) in [4.78, 5) is 17.0. The zero-order valence-electron chi connectivity index (χ0n) is 15.8. The smallest absolute Gasteiger partial charge is 0.319 e. The van der Waals surface area contributed by atoms with Crippen LogP contribution < -0.4 is 5.32 Å². The minimum atomic E-state index is -4.78. The molecule has 156 valence electrons. The van der Waals surface area contributed by atoms with Crippen LogP contribution in [0.3, 0.4) is 0 Å². The van der Waals surface area contributed by atoms with Gasteiger partial charge in [0, 0.05) is 23.2 Å². The number of H-pyrrole nitrogens is 1. The predicted molar refractivity (Wildman–Crippen MR) is 108 cm³/mol. The van der Waals surface area contributed by atoms with Gasteiger partial charge in [-0.2, -0.15) is 23.4 Å². The molecule has 0 spiro atoms. The molecule has 0 unspecified atom stereocenters. The number of benzene rings is 1. The Hall–Kier alpha value is -3.84. The van der Waals surface area contributed by atoms with E-state index in [1.807, 2.05) is 0 Å². The summed E-state index contributed by atoms with van der Waals surface area (Å²) in [7, 11) is 0. The lowest BCUT2D eigenvalue weighted by Crippen LogP contribution is -2.19.